The van der Waals surface area contributed by atoms with Gasteiger partial charge in [0.15, 0.2) is 0 Å². The van der Waals surface area contributed by atoms with Crippen LogP contribution in [-0.4, -0.2) is 15.9 Å². The van der Waals surface area contributed by atoms with Gasteiger partial charge in [-0.1, -0.05) is 78.9 Å². The van der Waals surface area contributed by atoms with Crippen molar-refractivity contribution in [2.75, 3.05) is 0 Å². The van der Waals surface area contributed by atoms with Crippen molar-refractivity contribution in [1.82, 2.24) is 4.98 Å². The smallest absolute Gasteiger partial charge is 0.221 e. The second-order valence-corrected chi connectivity index (χ2v) is 6.74. The van der Waals surface area contributed by atoms with Crippen LogP contribution >= 0.6 is 0 Å². The van der Waals surface area contributed by atoms with Crippen molar-refractivity contribution in [1.29, 1.82) is 0 Å². The van der Waals surface area contributed by atoms with E-state index in [0.717, 1.165) is 33.3 Å². The summed E-state index contributed by atoms with van der Waals surface area (Å²) in [5.41, 5.74) is 4.89. The van der Waals surface area contributed by atoms with Crippen LogP contribution in [0.25, 0.3) is 22.2 Å². The Hall–Kier alpha value is -3.40. The summed E-state index contributed by atoms with van der Waals surface area (Å²) in [5.74, 6) is -0.354. The predicted molar refractivity (Wildman–Crippen MR) is 108 cm³/mol. The van der Waals surface area contributed by atoms with Crippen LogP contribution in [0.15, 0.2) is 84.9 Å². The highest BCUT2D eigenvalue weighted by Crippen LogP contribution is 2.40. The van der Waals surface area contributed by atoms with Crippen LogP contribution in [0.3, 0.4) is 0 Å². The fraction of sp³-hybridized carbons (Fsp3) is 0.130. The summed E-state index contributed by atoms with van der Waals surface area (Å²) in [6, 6.07) is 27.0. The Balaban J connectivity index is 2.03. The number of H-pyrrole nitrogens is 1. The van der Waals surface area contributed by atoms with E-state index in [2.05, 4.69) is 4.98 Å². The molecule has 1 heterocycles. The van der Waals surface area contributed by atoms with Gasteiger partial charge in [0, 0.05) is 22.7 Å². The van der Waals surface area contributed by atoms with Gasteiger partial charge < -0.3 is 4.98 Å². The quantitative estimate of drug-likeness (QED) is 0.372. The molecule has 134 valence electrons. The first-order valence-electron chi connectivity index (χ1n) is 9.01. The van der Waals surface area contributed by atoms with Gasteiger partial charge in [-0.05, 0) is 22.8 Å². The first-order chi connectivity index (χ1) is 13.2. The maximum Gasteiger partial charge on any atom is 0.221 e. The summed E-state index contributed by atoms with van der Waals surface area (Å²) >= 11 is 0. The number of para-hydroxylation sites is 1. The molecule has 1 aromatic heterocycles. The summed E-state index contributed by atoms with van der Waals surface area (Å²) < 4.78 is 0. The zero-order valence-electron chi connectivity index (χ0n) is 15.0. The molecule has 0 saturated carbocycles. The monoisotopic (exact) mass is 356 g/mol. The molecule has 2 atom stereocenters. The summed E-state index contributed by atoms with van der Waals surface area (Å²) in [5, 5.41) is 12.8. The number of hydrogen-bond donors (Lipinski definition) is 1. The first-order valence-corrected chi connectivity index (χ1v) is 9.01. The van der Waals surface area contributed by atoms with Gasteiger partial charge in [-0.3, -0.25) is 10.1 Å². The minimum atomic E-state index is -0.755. The van der Waals surface area contributed by atoms with Crippen molar-refractivity contribution < 1.29 is 4.92 Å². The van der Waals surface area contributed by atoms with E-state index >= 15 is 0 Å². The molecule has 4 rings (SSSR count). The third kappa shape index (κ3) is 3.10. The zero-order chi connectivity index (χ0) is 18.8. The van der Waals surface area contributed by atoms with E-state index in [1.54, 1.807) is 6.92 Å². The number of fused-ring (bicyclic) bond motifs is 1. The molecule has 4 nitrogen and oxygen atoms in total. The molecule has 4 heteroatoms. The van der Waals surface area contributed by atoms with E-state index in [4.69, 9.17) is 0 Å². The van der Waals surface area contributed by atoms with Gasteiger partial charge in [-0.25, -0.2) is 0 Å². The molecule has 0 radical (unpaired) electrons. The lowest BCUT2D eigenvalue weighted by Gasteiger charge is -2.20. The van der Waals surface area contributed by atoms with Crippen LogP contribution < -0.4 is 0 Å². The van der Waals surface area contributed by atoms with Gasteiger partial charge in [-0.15, -0.1) is 0 Å². The van der Waals surface area contributed by atoms with Crippen LogP contribution in [0.4, 0.5) is 0 Å². The molecular formula is C23H20N2O2. The number of nitro groups is 1. The Morgan fingerprint density at radius 3 is 2.11 bits per heavy atom. The molecule has 3 aromatic carbocycles. The van der Waals surface area contributed by atoms with Crippen LogP contribution in [-0.2, 0) is 0 Å². The lowest BCUT2D eigenvalue weighted by atomic mass is 9.83. The van der Waals surface area contributed by atoms with Crippen molar-refractivity contribution >= 4 is 10.9 Å². The third-order valence-electron chi connectivity index (χ3n) is 5.09. The number of nitrogens with one attached hydrogen (secondary N) is 1. The molecule has 0 spiro atoms. The molecule has 0 saturated heterocycles. The van der Waals surface area contributed by atoms with Crippen LogP contribution in [0.5, 0.6) is 0 Å². The predicted octanol–water partition coefficient (Wildman–Crippen LogP) is 5.63. The topological polar surface area (TPSA) is 58.9 Å². The van der Waals surface area contributed by atoms with Gasteiger partial charge in [0.2, 0.25) is 6.04 Å². The lowest BCUT2D eigenvalue weighted by molar-refractivity contribution is -0.520. The number of benzene rings is 3. The van der Waals surface area contributed by atoms with E-state index in [9.17, 15) is 10.1 Å². The first kappa shape index (κ1) is 17.0. The molecule has 0 aliphatic heterocycles. The largest absolute Gasteiger partial charge is 0.354 e. The zero-order valence-corrected chi connectivity index (χ0v) is 15.0. The van der Waals surface area contributed by atoms with E-state index < -0.39 is 6.04 Å². The van der Waals surface area contributed by atoms with Crippen LogP contribution in [0.2, 0.25) is 0 Å². The molecule has 0 bridgehead atoms. The molecule has 4 aromatic rings. The Bertz CT molecular complexity index is 1070. The molecule has 27 heavy (non-hydrogen) atoms. The molecule has 0 fully saturated rings. The molecule has 0 amide bonds. The maximum atomic E-state index is 11.8. The Kier molecular flexibility index (Phi) is 4.47. The Morgan fingerprint density at radius 2 is 1.44 bits per heavy atom. The fourth-order valence-corrected chi connectivity index (χ4v) is 3.79. The second-order valence-electron chi connectivity index (χ2n) is 6.74. The summed E-state index contributed by atoms with van der Waals surface area (Å²) in [6.07, 6.45) is 0. The van der Waals surface area contributed by atoms with Crippen LogP contribution in [0.1, 0.15) is 24.0 Å². The number of rotatable bonds is 5. The molecule has 0 aliphatic rings. The average molecular weight is 356 g/mol. The van der Waals surface area contributed by atoms with E-state index in [1.165, 1.54) is 0 Å². The van der Waals surface area contributed by atoms with Crippen molar-refractivity contribution in [3.8, 4) is 11.3 Å². The highest BCUT2D eigenvalue weighted by molar-refractivity contribution is 5.92. The molecule has 0 aliphatic carbocycles. The van der Waals surface area contributed by atoms with Gasteiger partial charge in [0.25, 0.3) is 0 Å². The standard InChI is InChI=1S/C23H20N2O2/c1-16(25(26)27)21(17-10-4-2-5-11-17)22-19-14-8-9-15-20(19)24-23(22)18-12-6-3-7-13-18/h2-16,21,24H,1H3/t16-,21+/m1/s1. The molecular weight excluding hydrogens is 336 g/mol. The van der Waals surface area contributed by atoms with Crippen molar-refractivity contribution in [2.45, 2.75) is 18.9 Å². The summed E-state index contributed by atoms with van der Waals surface area (Å²) in [7, 11) is 0. The Morgan fingerprint density at radius 1 is 0.852 bits per heavy atom. The van der Waals surface area contributed by atoms with Crippen molar-refractivity contribution in [2.24, 2.45) is 0 Å². The minimum absolute atomic E-state index is 0.186. The fourth-order valence-electron chi connectivity index (χ4n) is 3.79. The number of hydrogen-bond acceptors (Lipinski definition) is 2. The third-order valence-corrected chi connectivity index (χ3v) is 5.09. The van der Waals surface area contributed by atoms with Crippen LogP contribution in [0, 0.1) is 10.1 Å². The maximum absolute atomic E-state index is 11.8. The Labute approximate surface area is 157 Å². The van der Waals surface area contributed by atoms with Gasteiger partial charge in [0.1, 0.15) is 0 Å². The average Bonchev–Trinajstić information content (AvgIpc) is 3.09. The molecule has 0 unspecified atom stereocenters. The molecule has 1 N–H and O–H groups in total. The van der Waals surface area contributed by atoms with Gasteiger partial charge in [0.05, 0.1) is 11.6 Å². The lowest BCUT2D eigenvalue weighted by Crippen LogP contribution is -2.25. The van der Waals surface area contributed by atoms with Crippen molar-refractivity contribution in [3.63, 3.8) is 0 Å². The second kappa shape index (κ2) is 7.08. The highest BCUT2D eigenvalue weighted by Gasteiger charge is 2.34. The van der Waals surface area contributed by atoms with E-state index in [-0.39, 0.29) is 10.8 Å². The van der Waals surface area contributed by atoms with Gasteiger partial charge in [-0.2, -0.15) is 0 Å². The summed E-state index contributed by atoms with van der Waals surface area (Å²) in [4.78, 5) is 15.1. The van der Waals surface area contributed by atoms with Crippen molar-refractivity contribution in [3.05, 3.63) is 106 Å². The van der Waals surface area contributed by atoms with E-state index in [1.807, 2.05) is 84.9 Å². The SMILES string of the molecule is C[C@H]([C@@H](c1ccccc1)c1c(-c2ccccc2)[nH]c2ccccc12)[N+](=O)[O-]. The normalized spacial score (nSPS) is 13.4. The number of aromatic amines is 1. The highest BCUT2D eigenvalue weighted by atomic mass is 16.6. The minimum Gasteiger partial charge on any atom is -0.354 e. The number of nitrogens with zero attached hydrogens (tertiary/aromatic N) is 1. The van der Waals surface area contributed by atoms with E-state index in [0.29, 0.717) is 0 Å². The van der Waals surface area contributed by atoms with Gasteiger partial charge >= 0.3 is 0 Å². The summed E-state index contributed by atoms with van der Waals surface area (Å²) in [6.45, 7) is 1.69. The number of aromatic nitrogens is 1.